The number of fused-ring (bicyclic) bond motifs is 1. The van der Waals surface area contributed by atoms with E-state index in [0.717, 1.165) is 5.39 Å². The van der Waals surface area contributed by atoms with Crippen LogP contribution in [0.2, 0.25) is 0 Å². The summed E-state index contributed by atoms with van der Waals surface area (Å²) >= 11 is 1.41. The van der Waals surface area contributed by atoms with Gasteiger partial charge in [-0.2, -0.15) is 0 Å². The number of hydrogen-bond donors (Lipinski definition) is 0. The number of halogens is 1. The first kappa shape index (κ1) is 9.01. The molecule has 0 unspecified atom stereocenters. The third kappa shape index (κ3) is 1.71. The standard InChI is InChI=1S/C8H5IO3S/c9-13(10,11)7-1-2-8-6(5-7)3-4-12-8/h1-5H. The molecule has 3 nitrogen and oxygen atoms in total. The van der Waals surface area contributed by atoms with Crippen molar-refractivity contribution in [2.75, 3.05) is 0 Å². The molecule has 5 heteroatoms. The first-order valence-electron chi connectivity index (χ1n) is 3.49. The molecule has 0 N–H and O–H groups in total. The van der Waals surface area contributed by atoms with Gasteiger partial charge in [0.05, 0.1) is 32.4 Å². The molecule has 0 amide bonds. The minimum Gasteiger partial charge on any atom is -0.464 e. The first-order valence-corrected chi connectivity index (χ1v) is 7.52. The van der Waals surface area contributed by atoms with E-state index in [9.17, 15) is 8.42 Å². The van der Waals surface area contributed by atoms with Crippen molar-refractivity contribution in [3.8, 4) is 0 Å². The van der Waals surface area contributed by atoms with Gasteiger partial charge in [-0.1, -0.05) is 0 Å². The fourth-order valence-corrected chi connectivity index (χ4v) is 2.42. The van der Waals surface area contributed by atoms with E-state index in [1.807, 2.05) is 0 Å². The average molecular weight is 308 g/mol. The van der Waals surface area contributed by atoms with Gasteiger partial charge in [-0.25, -0.2) is 8.42 Å². The molecule has 1 aromatic heterocycles. The molecule has 1 aromatic carbocycles. The van der Waals surface area contributed by atoms with Crippen LogP contribution in [0.25, 0.3) is 11.0 Å². The lowest BCUT2D eigenvalue weighted by Gasteiger charge is -1.94. The summed E-state index contributed by atoms with van der Waals surface area (Å²) in [6, 6.07) is 6.52. The first-order chi connectivity index (χ1) is 6.07. The van der Waals surface area contributed by atoms with Crippen LogP contribution < -0.4 is 0 Å². The van der Waals surface area contributed by atoms with E-state index in [1.54, 1.807) is 18.2 Å². The lowest BCUT2D eigenvalue weighted by Crippen LogP contribution is -1.87. The van der Waals surface area contributed by atoms with Crippen LogP contribution in [0.1, 0.15) is 0 Å². The SMILES string of the molecule is O=S(=O)(I)c1ccc2occc2c1. The van der Waals surface area contributed by atoms with Gasteiger partial charge in [0.1, 0.15) is 5.58 Å². The van der Waals surface area contributed by atoms with Gasteiger partial charge in [0, 0.05) is 5.39 Å². The summed E-state index contributed by atoms with van der Waals surface area (Å²) in [5, 5.41) is 0.803. The highest BCUT2D eigenvalue weighted by Crippen LogP contribution is 2.23. The van der Waals surface area contributed by atoms with Crippen molar-refractivity contribution in [3.05, 3.63) is 30.5 Å². The average Bonchev–Trinajstić information content (AvgIpc) is 2.47. The van der Waals surface area contributed by atoms with E-state index in [2.05, 4.69) is 0 Å². The van der Waals surface area contributed by atoms with E-state index in [4.69, 9.17) is 4.42 Å². The number of benzene rings is 1. The van der Waals surface area contributed by atoms with Crippen molar-refractivity contribution < 1.29 is 12.8 Å². The monoisotopic (exact) mass is 308 g/mol. The fraction of sp³-hybridized carbons (Fsp3) is 0. The highest BCUT2D eigenvalue weighted by molar-refractivity contribution is 14.2. The zero-order chi connectivity index (χ0) is 9.47. The van der Waals surface area contributed by atoms with Crippen molar-refractivity contribution in [2.24, 2.45) is 0 Å². The van der Waals surface area contributed by atoms with Crippen LogP contribution in [0.15, 0.2) is 39.8 Å². The summed E-state index contributed by atoms with van der Waals surface area (Å²) in [6.07, 6.45) is 1.54. The summed E-state index contributed by atoms with van der Waals surface area (Å²) in [4.78, 5) is 0.307. The molecular formula is C8H5IO3S. The molecule has 0 aliphatic rings. The lowest BCUT2D eigenvalue weighted by molar-refractivity contribution is 0.611. The third-order valence-electron chi connectivity index (χ3n) is 1.71. The van der Waals surface area contributed by atoms with Crippen molar-refractivity contribution in [2.45, 2.75) is 4.90 Å². The zero-order valence-electron chi connectivity index (χ0n) is 6.40. The van der Waals surface area contributed by atoms with Crippen LogP contribution in [0.3, 0.4) is 0 Å². The van der Waals surface area contributed by atoms with E-state index in [0.29, 0.717) is 10.5 Å². The van der Waals surface area contributed by atoms with Gasteiger partial charge >= 0.3 is 0 Å². The quantitative estimate of drug-likeness (QED) is 0.601. The highest BCUT2D eigenvalue weighted by Gasteiger charge is 2.09. The predicted molar refractivity (Wildman–Crippen MR) is 57.4 cm³/mol. The normalized spacial score (nSPS) is 12.1. The van der Waals surface area contributed by atoms with E-state index >= 15 is 0 Å². The third-order valence-corrected chi connectivity index (χ3v) is 4.05. The summed E-state index contributed by atoms with van der Waals surface area (Å²) < 4.78 is 27.4. The van der Waals surface area contributed by atoms with Gasteiger partial charge < -0.3 is 4.42 Å². The van der Waals surface area contributed by atoms with Gasteiger partial charge in [-0.15, -0.1) is 0 Å². The van der Waals surface area contributed by atoms with Crippen LogP contribution in [-0.4, -0.2) is 8.42 Å². The van der Waals surface area contributed by atoms with E-state index in [-0.39, 0.29) is 0 Å². The molecule has 0 aliphatic heterocycles. The summed E-state index contributed by atoms with van der Waals surface area (Å²) in [6.45, 7) is 0. The molecule has 0 radical (unpaired) electrons. The maximum Gasteiger partial charge on any atom is 0.231 e. The Hall–Kier alpha value is -0.560. The molecule has 0 fully saturated rings. The second kappa shape index (κ2) is 2.98. The van der Waals surface area contributed by atoms with Gasteiger partial charge in [0.25, 0.3) is 0 Å². The minimum absolute atomic E-state index is 0.307. The molecule has 0 atom stereocenters. The summed E-state index contributed by atoms with van der Waals surface area (Å²) in [7, 11) is -3.14. The predicted octanol–water partition coefficient (Wildman–Crippen LogP) is 2.56. The van der Waals surface area contributed by atoms with Gasteiger partial charge in [-0.3, -0.25) is 0 Å². The van der Waals surface area contributed by atoms with Gasteiger partial charge in [0.15, 0.2) is 0 Å². The Morgan fingerprint density at radius 2 is 2.00 bits per heavy atom. The van der Waals surface area contributed by atoms with Crippen molar-refractivity contribution in [3.63, 3.8) is 0 Å². The number of hydrogen-bond acceptors (Lipinski definition) is 3. The molecule has 2 aromatic rings. The Morgan fingerprint density at radius 3 is 2.69 bits per heavy atom. The maximum absolute atomic E-state index is 11.2. The number of furan rings is 1. The second-order valence-corrected chi connectivity index (χ2v) is 7.38. The molecule has 0 aliphatic carbocycles. The Bertz CT molecular complexity index is 541. The van der Waals surface area contributed by atoms with Gasteiger partial charge in [-0.05, 0) is 24.3 Å². The van der Waals surface area contributed by atoms with Crippen LogP contribution in [0.5, 0.6) is 0 Å². The maximum atomic E-state index is 11.2. The van der Waals surface area contributed by atoms with Crippen LogP contribution in [0.4, 0.5) is 0 Å². The molecule has 0 saturated carbocycles. The second-order valence-electron chi connectivity index (χ2n) is 2.56. The van der Waals surface area contributed by atoms with E-state index in [1.165, 1.54) is 33.5 Å². The van der Waals surface area contributed by atoms with E-state index < -0.39 is 7.01 Å². The lowest BCUT2D eigenvalue weighted by atomic mass is 10.3. The fourth-order valence-electron chi connectivity index (χ4n) is 1.10. The van der Waals surface area contributed by atoms with Crippen molar-refractivity contribution >= 4 is 39.2 Å². The van der Waals surface area contributed by atoms with Crippen molar-refractivity contribution in [1.29, 1.82) is 0 Å². The molecule has 2 rings (SSSR count). The molecular weight excluding hydrogens is 303 g/mol. The molecule has 13 heavy (non-hydrogen) atoms. The minimum atomic E-state index is -3.14. The summed E-state index contributed by atoms with van der Waals surface area (Å²) in [5.41, 5.74) is 0.698. The van der Waals surface area contributed by atoms with Crippen LogP contribution in [-0.2, 0) is 7.01 Å². The molecule has 0 bridgehead atoms. The Balaban J connectivity index is 2.75. The van der Waals surface area contributed by atoms with Crippen LogP contribution >= 0.6 is 21.2 Å². The molecule has 0 saturated heterocycles. The summed E-state index contributed by atoms with van der Waals surface area (Å²) in [5.74, 6) is 0. The molecule has 68 valence electrons. The molecule has 1 heterocycles. The molecule has 0 spiro atoms. The smallest absolute Gasteiger partial charge is 0.231 e. The zero-order valence-corrected chi connectivity index (χ0v) is 9.37. The Labute approximate surface area is 87.2 Å². The Kier molecular flexibility index (Phi) is 2.07. The largest absolute Gasteiger partial charge is 0.464 e. The highest BCUT2D eigenvalue weighted by atomic mass is 127. The Morgan fingerprint density at radius 1 is 1.23 bits per heavy atom. The van der Waals surface area contributed by atoms with Crippen molar-refractivity contribution in [1.82, 2.24) is 0 Å². The van der Waals surface area contributed by atoms with Crippen LogP contribution in [0, 0.1) is 0 Å². The number of rotatable bonds is 1. The topological polar surface area (TPSA) is 47.3 Å². The van der Waals surface area contributed by atoms with Gasteiger partial charge in [0.2, 0.25) is 7.01 Å².